The third kappa shape index (κ3) is 33.5. The van der Waals surface area contributed by atoms with E-state index in [-0.39, 0.29) is 13.1 Å². The van der Waals surface area contributed by atoms with Crippen molar-refractivity contribution in [2.75, 3.05) is 63.9 Å². The molecule has 0 aliphatic rings. The van der Waals surface area contributed by atoms with Crippen molar-refractivity contribution in [3.8, 4) is 0 Å². The van der Waals surface area contributed by atoms with Crippen molar-refractivity contribution in [1.29, 1.82) is 0 Å². The summed E-state index contributed by atoms with van der Waals surface area (Å²) >= 11 is 0. The van der Waals surface area contributed by atoms with Gasteiger partial charge in [-0.3, -0.25) is 0 Å². The van der Waals surface area contributed by atoms with Gasteiger partial charge in [0.2, 0.25) is 0 Å². The molecule has 0 saturated heterocycles. The van der Waals surface area contributed by atoms with Crippen LogP contribution in [0.4, 0.5) is 0 Å². The summed E-state index contributed by atoms with van der Waals surface area (Å²) in [5, 5.41) is 21.7. The van der Waals surface area contributed by atoms with E-state index in [1.165, 1.54) is 141 Å². The maximum atomic E-state index is 11.6. The van der Waals surface area contributed by atoms with Gasteiger partial charge in [-0.05, 0) is 39.5 Å². The zero-order valence-corrected chi connectivity index (χ0v) is 38.7. The molecule has 56 heavy (non-hydrogen) atoms. The number of rotatable bonds is 43. The van der Waals surface area contributed by atoms with Crippen molar-refractivity contribution in [1.82, 2.24) is 0 Å². The maximum Gasteiger partial charge on any atom is 0.129 e. The lowest BCUT2D eigenvalue weighted by Crippen LogP contribution is -2.62. The number of hydrogen-bond donors (Lipinski definition) is 2. The van der Waals surface area contributed by atoms with Crippen molar-refractivity contribution < 1.29 is 45.1 Å². The highest BCUT2D eigenvalue weighted by Gasteiger charge is 2.36. The number of likely N-dealkylation sites (N-methyl/N-ethyl adjacent to an activating group) is 2. The smallest absolute Gasteiger partial charge is 0.129 e. The lowest BCUT2D eigenvalue weighted by atomic mass is 10.0. The summed E-state index contributed by atoms with van der Waals surface area (Å²) in [6.07, 6.45) is 32.4. The summed E-state index contributed by atoms with van der Waals surface area (Å²) < 4.78 is 70.5. The van der Waals surface area contributed by atoms with Gasteiger partial charge in [-0.15, -0.1) is 0 Å². The SMILES string of the molecule is CCCCCCCCCCCCCCCC[N+](CC)(CC[N+](CC)(CCCCCCCCCCCCCCCC)CC(O)CS(=O)(=O)[O-])CC(O)CS(=O)(=O)[O-]. The zero-order chi connectivity index (χ0) is 42.0. The molecule has 0 aliphatic heterocycles. The van der Waals surface area contributed by atoms with Crippen LogP contribution in [0.2, 0.25) is 0 Å². The van der Waals surface area contributed by atoms with Crippen LogP contribution in [0.15, 0.2) is 0 Å². The average Bonchev–Trinajstić information content (AvgIpc) is 3.12. The largest absolute Gasteiger partial charge is 0.748 e. The van der Waals surface area contributed by atoms with Crippen LogP contribution in [0.1, 0.15) is 207 Å². The van der Waals surface area contributed by atoms with E-state index in [0.717, 1.165) is 51.6 Å². The lowest BCUT2D eigenvalue weighted by Gasteiger charge is -2.45. The molecule has 0 rings (SSSR count). The van der Waals surface area contributed by atoms with E-state index >= 15 is 0 Å². The fourth-order valence-corrected chi connectivity index (χ4v) is 9.81. The van der Waals surface area contributed by atoms with Gasteiger partial charge < -0.3 is 28.3 Å². The van der Waals surface area contributed by atoms with Crippen molar-refractivity contribution in [2.45, 2.75) is 220 Å². The Morgan fingerprint density at radius 3 is 0.786 bits per heavy atom. The first-order valence-corrected chi connectivity index (χ1v) is 26.7. The topological polar surface area (TPSA) is 155 Å². The van der Waals surface area contributed by atoms with Crippen molar-refractivity contribution >= 4 is 20.2 Å². The summed E-state index contributed by atoms with van der Waals surface area (Å²) in [6, 6.07) is 0. The molecule has 0 radical (unpaired) electrons. The number of hydrogen-bond acceptors (Lipinski definition) is 8. The molecule has 0 amide bonds. The Hall–Kier alpha value is -0.340. The third-order valence-corrected chi connectivity index (χ3v) is 13.9. The van der Waals surface area contributed by atoms with E-state index in [0.29, 0.717) is 35.1 Å². The molecule has 0 spiro atoms. The molecular formula is C44H92N2O8S2. The Bertz CT molecular complexity index is 1020. The molecule has 0 aromatic heterocycles. The van der Waals surface area contributed by atoms with Crippen LogP contribution >= 0.6 is 0 Å². The van der Waals surface area contributed by atoms with Crippen LogP contribution in [-0.2, 0) is 20.2 Å². The molecule has 0 aromatic carbocycles. The first-order valence-electron chi connectivity index (χ1n) is 23.6. The first kappa shape index (κ1) is 55.7. The predicted molar refractivity (Wildman–Crippen MR) is 233 cm³/mol. The summed E-state index contributed by atoms with van der Waals surface area (Å²) in [7, 11) is -9.20. The van der Waals surface area contributed by atoms with Gasteiger partial charge in [0.1, 0.15) is 38.4 Å². The number of nitrogens with zero attached hydrogens (tertiary/aromatic N) is 2. The van der Waals surface area contributed by atoms with Crippen LogP contribution in [0.3, 0.4) is 0 Å². The van der Waals surface area contributed by atoms with Crippen LogP contribution in [-0.4, -0.2) is 121 Å². The molecule has 4 unspecified atom stereocenters. The van der Waals surface area contributed by atoms with Crippen molar-refractivity contribution in [3.63, 3.8) is 0 Å². The molecule has 0 saturated carbocycles. The second-order valence-electron chi connectivity index (χ2n) is 17.5. The molecule has 0 fully saturated rings. The Balaban J connectivity index is 5.27. The van der Waals surface area contributed by atoms with Gasteiger partial charge >= 0.3 is 0 Å². The molecule has 2 N–H and O–H groups in total. The third-order valence-electron chi connectivity index (χ3n) is 12.4. The highest BCUT2D eigenvalue weighted by Crippen LogP contribution is 2.21. The quantitative estimate of drug-likeness (QED) is 0.0350. The van der Waals surface area contributed by atoms with E-state index in [9.17, 15) is 36.2 Å². The summed E-state index contributed by atoms with van der Waals surface area (Å²) in [5.74, 6) is -1.64. The minimum Gasteiger partial charge on any atom is -0.748 e. The second kappa shape index (κ2) is 34.4. The van der Waals surface area contributed by atoms with Gasteiger partial charge in [0.05, 0.1) is 57.9 Å². The van der Waals surface area contributed by atoms with Gasteiger partial charge in [0.25, 0.3) is 0 Å². The van der Waals surface area contributed by atoms with Crippen molar-refractivity contribution in [3.05, 3.63) is 0 Å². The van der Waals surface area contributed by atoms with Crippen LogP contribution in [0.25, 0.3) is 0 Å². The summed E-state index contributed by atoms with van der Waals surface area (Å²) in [5.41, 5.74) is 0. The van der Waals surface area contributed by atoms with E-state index in [1.54, 1.807) is 0 Å². The Morgan fingerprint density at radius 2 is 0.589 bits per heavy atom. The van der Waals surface area contributed by atoms with Crippen LogP contribution < -0.4 is 0 Å². The molecular weight excluding hydrogens is 749 g/mol. The molecule has 0 aliphatic carbocycles. The molecule has 10 nitrogen and oxygen atoms in total. The number of aliphatic hydroxyl groups is 2. The van der Waals surface area contributed by atoms with Crippen LogP contribution in [0.5, 0.6) is 0 Å². The van der Waals surface area contributed by atoms with Gasteiger partial charge in [0, 0.05) is 0 Å². The summed E-state index contributed by atoms with van der Waals surface area (Å²) in [4.78, 5) is 0. The maximum absolute atomic E-state index is 11.6. The van der Waals surface area contributed by atoms with E-state index in [2.05, 4.69) is 13.8 Å². The Morgan fingerprint density at radius 1 is 0.375 bits per heavy atom. The van der Waals surface area contributed by atoms with E-state index in [4.69, 9.17) is 0 Å². The summed E-state index contributed by atoms with van der Waals surface area (Å²) in [6.45, 7) is 12.8. The van der Waals surface area contributed by atoms with Gasteiger partial charge in [-0.1, -0.05) is 168 Å². The Kier molecular flexibility index (Phi) is 34.2. The molecule has 0 heterocycles. The van der Waals surface area contributed by atoms with Gasteiger partial charge in [-0.2, -0.15) is 0 Å². The number of unbranched alkanes of at least 4 members (excludes halogenated alkanes) is 26. The highest BCUT2D eigenvalue weighted by atomic mass is 32.2. The van der Waals surface area contributed by atoms with Gasteiger partial charge in [0.15, 0.2) is 0 Å². The molecule has 4 atom stereocenters. The molecule has 0 aromatic rings. The number of quaternary nitrogens is 2. The van der Waals surface area contributed by atoms with E-state index in [1.807, 2.05) is 13.8 Å². The van der Waals surface area contributed by atoms with Crippen LogP contribution in [0, 0.1) is 0 Å². The normalized spacial score (nSPS) is 15.8. The molecule has 0 bridgehead atoms. The average molecular weight is 841 g/mol. The Labute approximate surface area is 347 Å². The predicted octanol–water partition coefficient (Wildman–Crippen LogP) is 9.43. The standard InChI is InChI=1S/C44H92N2O8S2/c1-5-9-11-13-15-17-19-21-23-25-27-29-31-33-35-45(7-3,39-43(47)41-55(49,50)51)37-38-46(8-4,40-44(48)42-56(52,53)54)36-34-32-30-28-26-24-22-20-18-16-14-12-10-6-2/h43-44,47-48H,5-42H2,1-4H3. The monoisotopic (exact) mass is 841 g/mol. The second-order valence-corrected chi connectivity index (χ2v) is 20.4. The first-order chi connectivity index (χ1) is 26.7. The van der Waals surface area contributed by atoms with E-state index < -0.39 is 43.9 Å². The number of aliphatic hydroxyl groups excluding tert-OH is 2. The molecule has 12 heteroatoms. The highest BCUT2D eigenvalue weighted by molar-refractivity contribution is 7.85. The molecule has 338 valence electrons. The van der Waals surface area contributed by atoms with Crippen molar-refractivity contribution in [2.24, 2.45) is 0 Å². The van der Waals surface area contributed by atoms with Gasteiger partial charge in [-0.25, -0.2) is 16.8 Å². The fraction of sp³-hybridized carbons (Fsp3) is 1.00. The minimum atomic E-state index is -4.60. The lowest BCUT2D eigenvalue weighted by molar-refractivity contribution is -0.982. The minimum absolute atomic E-state index is 0.149. The zero-order valence-electron chi connectivity index (χ0n) is 37.1. The fourth-order valence-electron chi connectivity index (χ4n) is 8.66.